The largest absolute Gasteiger partial charge is 0.371 e. The summed E-state index contributed by atoms with van der Waals surface area (Å²) in [7, 11) is 0. The van der Waals surface area contributed by atoms with Crippen LogP contribution in [0.15, 0.2) is 30.6 Å². The Labute approximate surface area is 113 Å². The van der Waals surface area contributed by atoms with Crippen molar-refractivity contribution >= 4 is 11.5 Å². The average molecular weight is 259 g/mol. The van der Waals surface area contributed by atoms with Gasteiger partial charge in [-0.15, -0.1) is 0 Å². The number of hydrogen-bond donors (Lipinski definition) is 2. The molecule has 3 heterocycles. The van der Waals surface area contributed by atoms with E-state index in [0.717, 1.165) is 31.1 Å². The van der Waals surface area contributed by atoms with Crippen molar-refractivity contribution in [2.24, 2.45) is 0 Å². The molecule has 0 spiro atoms. The Hall–Kier alpha value is -1.59. The highest BCUT2D eigenvalue weighted by atomic mass is 15.2. The van der Waals surface area contributed by atoms with Crippen LogP contribution in [-0.2, 0) is 0 Å². The summed E-state index contributed by atoms with van der Waals surface area (Å²) in [5, 5.41) is 6.87. The number of piperazine rings is 1. The van der Waals surface area contributed by atoms with Crippen LogP contribution in [0.1, 0.15) is 6.42 Å². The molecule has 1 fully saturated rings. The van der Waals surface area contributed by atoms with Gasteiger partial charge in [-0.25, -0.2) is 4.98 Å². The van der Waals surface area contributed by atoms with E-state index in [-0.39, 0.29) is 0 Å². The smallest absolute Gasteiger partial charge is 0.138 e. The van der Waals surface area contributed by atoms with Crippen molar-refractivity contribution in [3.05, 3.63) is 30.6 Å². The van der Waals surface area contributed by atoms with Crippen molar-refractivity contribution < 1.29 is 0 Å². The van der Waals surface area contributed by atoms with Gasteiger partial charge in [-0.2, -0.15) is 0 Å². The normalized spacial score (nSPS) is 16.8. The molecular weight excluding hydrogens is 238 g/mol. The predicted octanol–water partition coefficient (Wildman–Crippen LogP) is 1.04. The Morgan fingerprint density at radius 2 is 2.16 bits per heavy atom. The highest BCUT2D eigenvalue weighted by Crippen LogP contribution is 2.10. The second-order valence-electron chi connectivity index (χ2n) is 4.94. The Kier molecular flexibility index (Phi) is 3.95. The monoisotopic (exact) mass is 259 g/mol. The van der Waals surface area contributed by atoms with Crippen LogP contribution in [0.4, 0.5) is 5.82 Å². The Bertz CT molecular complexity index is 515. The zero-order valence-electron chi connectivity index (χ0n) is 11.2. The minimum atomic E-state index is 0.993. The highest BCUT2D eigenvalue weighted by Gasteiger charge is 2.08. The van der Waals surface area contributed by atoms with E-state index in [0.29, 0.717) is 0 Å². The van der Waals surface area contributed by atoms with Gasteiger partial charge in [-0.3, -0.25) is 4.40 Å². The van der Waals surface area contributed by atoms with Gasteiger partial charge in [0.1, 0.15) is 11.5 Å². The minimum absolute atomic E-state index is 0.993. The lowest BCUT2D eigenvalue weighted by atomic mass is 10.3. The molecule has 0 atom stereocenters. The van der Waals surface area contributed by atoms with Crippen LogP contribution in [-0.4, -0.2) is 53.6 Å². The summed E-state index contributed by atoms with van der Waals surface area (Å²) >= 11 is 0. The summed E-state index contributed by atoms with van der Waals surface area (Å²) in [4.78, 5) is 6.81. The fourth-order valence-electron chi connectivity index (χ4n) is 2.55. The molecule has 0 unspecified atom stereocenters. The molecule has 2 N–H and O–H groups in total. The van der Waals surface area contributed by atoms with E-state index in [9.17, 15) is 0 Å². The number of rotatable bonds is 5. The van der Waals surface area contributed by atoms with Crippen molar-refractivity contribution in [1.82, 2.24) is 19.6 Å². The van der Waals surface area contributed by atoms with Gasteiger partial charge in [0.15, 0.2) is 0 Å². The molecule has 2 aromatic rings. The molecule has 0 amide bonds. The molecule has 0 aromatic carbocycles. The van der Waals surface area contributed by atoms with Crippen LogP contribution < -0.4 is 10.6 Å². The Morgan fingerprint density at radius 3 is 3.05 bits per heavy atom. The first-order valence-corrected chi connectivity index (χ1v) is 7.02. The van der Waals surface area contributed by atoms with E-state index >= 15 is 0 Å². The van der Waals surface area contributed by atoms with Crippen LogP contribution in [0.25, 0.3) is 5.65 Å². The third kappa shape index (κ3) is 3.05. The third-order valence-electron chi connectivity index (χ3n) is 3.60. The molecule has 1 aliphatic heterocycles. The van der Waals surface area contributed by atoms with E-state index in [4.69, 9.17) is 0 Å². The van der Waals surface area contributed by atoms with Gasteiger partial charge in [0.2, 0.25) is 0 Å². The van der Waals surface area contributed by atoms with Crippen molar-refractivity contribution in [2.45, 2.75) is 6.42 Å². The molecule has 0 saturated carbocycles. The van der Waals surface area contributed by atoms with E-state index in [2.05, 4.69) is 31.0 Å². The number of fused-ring (bicyclic) bond motifs is 1. The molecule has 1 saturated heterocycles. The summed E-state index contributed by atoms with van der Waals surface area (Å²) in [5.74, 6) is 1.12. The van der Waals surface area contributed by atoms with Gasteiger partial charge < -0.3 is 15.5 Å². The molecule has 2 aromatic heterocycles. The number of hydrogen-bond acceptors (Lipinski definition) is 4. The van der Waals surface area contributed by atoms with Crippen LogP contribution in [0.3, 0.4) is 0 Å². The maximum Gasteiger partial charge on any atom is 0.138 e. The first-order valence-electron chi connectivity index (χ1n) is 7.02. The predicted molar refractivity (Wildman–Crippen MR) is 77.6 cm³/mol. The maximum absolute atomic E-state index is 4.29. The van der Waals surface area contributed by atoms with Gasteiger partial charge in [0, 0.05) is 45.1 Å². The van der Waals surface area contributed by atoms with E-state index < -0.39 is 0 Å². The molecule has 3 rings (SSSR count). The van der Waals surface area contributed by atoms with E-state index in [1.165, 1.54) is 26.1 Å². The van der Waals surface area contributed by atoms with Crippen LogP contribution in [0, 0.1) is 0 Å². The molecular formula is C14H21N5. The number of pyridine rings is 1. The molecule has 5 nitrogen and oxygen atoms in total. The lowest BCUT2D eigenvalue weighted by Crippen LogP contribution is -2.44. The van der Waals surface area contributed by atoms with E-state index in [1.807, 2.05) is 24.5 Å². The zero-order valence-corrected chi connectivity index (χ0v) is 11.2. The maximum atomic E-state index is 4.29. The van der Waals surface area contributed by atoms with Crippen LogP contribution in [0.2, 0.25) is 0 Å². The number of imidazole rings is 1. The highest BCUT2D eigenvalue weighted by molar-refractivity contribution is 5.49. The SMILES string of the molecule is c1cc(NCCCN2CCNCC2)n2ccnc2c1. The van der Waals surface area contributed by atoms with Crippen molar-refractivity contribution in [3.8, 4) is 0 Å². The standard InChI is InChI=1S/C14H21N5/c1-3-13(19-12-8-17-14(19)4-1)16-5-2-9-18-10-6-15-7-11-18/h1,3-4,8,12,15-16H,2,5-7,9-11H2. The minimum Gasteiger partial charge on any atom is -0.371 e. The lowest BCUT2D eigenvalue weighted by Gasteiger charge is -2.27. The van der Waals surface area contributed by atoms with Gasteiger partial charge in [-0.05, 0) is 25.1 Å². The van der Waals surface area contributed by atoms with Crippen LogP contribution >= 0.6 is 0 Å². The Balaban J connectivity index is 1.48. The van der Waals surface area contributed by atoms with Crippen molar-refractivity contribution in [2.75, 3.05) is 44.6 Å². The molecule has 5 heteroatoms. The number of anilines is 1. The fraction of sp³-hybridized carbons (Fsp3) is 0.500. The lowest BCUT2D eigenvalue weighted by molar-refractivity contribution is 0.240. The molecule has 102 valence electrons. The summed E-state index contributed by atoms with van der Waals surface area (Å²) in [6.45, 7) is 6.79. The second-order valence-corrected chi connectivity index (χ2v) is 4.94. The molecule has 0 radical (unpaired) electrons. The van der Waals surface area contributed by atoms with Gasteiger partial charge in [0.05, 0.1) is 0 Å². The fourth-order valence-corrected chi connectivity index (χ4v) is 2.55. The topological polar surface area (TPSA) is 44.6 Å². The van der Waals surface area contributed by atoms with Gasteiger partial charge >= 0.3 is 0 Å². The zero-order chi connectivity index (χ0) is 12.9. The van der Waals surface area contributed by atoms with Crippen molar-refractivity contribution in [3.63, 3.8) is 0 Å². The van der Waals surface area contributed by atoms with Crippen LogP contribution in [0.5, 0.6) is 0 Å². The third-order valence-corrected chi connectivity index (χ3v) is 3.60. The molecule has 19 heavy (non-hydrogen) atoms. The molecule has 0 aliphatic carbocycles. The van der Waals surface area contributed by atoms with E-state index in [1.54, 1.807) is 0 Å². The van der Waals surface area contributed by atoms with Crippen molar-refractivity contribution in [1.29, 1.82) is 0 Å². The quantitative estimate of drug-likeness (QED) is 0.788. The number of nitrogens with zero attached hydrogens (tertiary/aromatic N) is 3. The first-order chi connectivity index (χ1) is 9.43. The second kappa shape index (κ2) is 6.04. The molecule has 1 aliphatic rings. The first kappa shape index (κ1) is 12.4. The number of nitrogens with one attached hydrogen (secondary N) is 2. The summed E-state index contributed by atoms with van der Waals surface area (Å²) in [6, 6.07) is 6.16. The van der Waals surface area contributed by atoms with Gasteiger partial charge in [0.25, 0.3) is 0 Å². The summed E-state index contributed by atoms with van der Waals surface area (Å²) in [5.41, 5.74) is 0.993. The number of aromatic nitrogens is 2. The Morgan fingerprint density at radius 1 is 1.26 bits per heavy atom. The molecule has 0 bridgehead atoms. The average Bonchev–Trinajstić information content (AvgIpc) is 2.94. The summed E-state index contributed by atoms with van der Waals surface area (Å²) < 4.78 is 2.09. The summed E-state index contributed by atoms with van der Waals surface area (Å²) in [6.07, 6.45) is 5.00. The van der Waals surface area contributed by atoms with Gasteiger partial charge in [-0.1, -0.05) is 6.07 Å².